The Morgan fingerprint density at radius 1 is 1.33 bits per heavy atom. The molecular formula is C9H20O2Si. The Bertz CT molecular complexity index is 142. The van der Waals surface area contributed by atoms with E-state index in [1.807, 2.05) is 0 Å². The van der Waals surface area contributed by atoms with Crippen molar-refractivity contribution in [1.29, 1.82) is 0 Å². The minimum atomic E-state index is -1.32. The summed E-state index contributed by atoms with van der Waals surface area (Å²) in [4.78, 5) is 0. The standard InChI is InChI=1S/C9H20O2Si/c1-5-9(6-10-7-9)8-11-12(2,3)4/h5-8H2,1-4H3. The van der Waals surface area contributed by atoms with E-state index in [1.165, 1.54) is 6.42 Å². The van der Waals surface area contributed by atoms with Crippen molar-refractivity contribution >= 4 is 8.32 Å². The van der Waals surface area contributed by atoms with E-state index >= 15 is 0 Å². The van der Waals surface area contributed by atoms with Gasteiger partial charge in [0.1, 0.15) is 0 Å². The summed E-state index contributed by atoms with van der Waals surface area (Å²) in [5.74, 6) is 0. The van der Waals surface area contributed by atoms with Crippen LogP contribution in [-0.4, -0.2) is 28.1 Å². The predicted octanol–water partition coefficient (Wildman–Crippen LogP) is 2.26. The topological polar surface area (TPSA) is 18.5 Å². The smallest absolute Gasteiger partial charge is 0.183 e. The molecule has 0 spiro atoms. The molecule has 1 rings (SSSR count). The van der Waals surface area contributed by atoms with Crippen LogP contribution in [-0.2, 0) is 9.16 Å². The normalized spacial score (nSPS) is 22.0. The van der Waals surface area contributed by atoms with Crippen LogP contribution < -0.4 is 0 Å². The molecule has 1 fully saturated rings. The molecule has 0 aromatic heterocycles. The molecular weight excluding hydrogens is 168 g/mol. The number of hydrogen-bond acceptors (Lipinski definition) is 2. The SMILES string of the molecule is CCC1(CO[Si](C)(C)C)COC1. The van der Waals surface area contributed by atoms with Crippen LogP contribution in [0.3, 0.4) is 0 Å². The first-order valence-corrected chi connectivity index (χ1v) is 8.10. The third-order valence-electron chi connectivity index (χ3n) is 2.38. The maximum absolute atomic E-state index is 5.89. The zero-order valence-corrected chi connectivity index (χ0v) is 9.64. The summed E-state index contributed by atoms with van der Waals surface area (Å²) >= 11 is 0. The molecule has 1 aliphatic rings. The molecule has 0 radical (unpaired) electrons. The van der Waals surface area contributed by atoms with E-state index in [9.17, 15) is 0 Å². The predicted molar refractivity (Wildman–Crippen MR) is 52.8 cm³/mol. The molecule has 0 N–H and O–H groups in total. The van der Waals surface area contributed by atoms with Crippen molar-refractivity contribution in [2.24, 2.45) is 5.41 Å². The number of hydrogen-bond donors (Lipinski definition) is 0. The fourth-order valence-corrected chi connectivity index (χ4v) is 1.89. The molecule has 0 unspecified atom stereocenters. The Morgan fingerprint density at radius 3 is 2.17 bits per heavy atom. The van der Waals surface area contributed by atoms with E-state index in [4.69, 9.17) is 9.16 Å². The van der Waals surface area contributed by atoms with Gasteiger partial charge in [-0.15, -0.1) is 0 Å². The van der Waals surface area contributed by atoms with E-state index in [0.29, 0.717) is 5.41 Å². The largest absolute Gasteiger partial charge is 0.417 e. The van der Waals surface area contributed by atoms with Gasteiger partial charge in [-0.25, -0.2) is 0 Å². The van der Waals surface area contributed by atoms with Crippen LogP contribution in [0.4, 0.5) is 0 Å². The molecule has 0 atom stereocenters. The van der Waals surface area contributed by atoms with E-state index < -0.39 is 8.32 Å². The first-order chi connectivity index (χ1) is 5.47. The van der Waals surface area contributed by atoms with Crippen LogP contribution in [0.5, 0.6) is 0 Å². The highest BCUT2D eigenvalue weighted by Crippen LogP contribution is 2.32. The molecule has 1 heterocycles. The summed E-state index contributed by atoms with van der Waals surface area (Å²) < 4.78 is 11.1. The van der Waals surface area contributed by atoms with Gasteiger partial charge in [0, 0.05) is 12.0 Å². The zero-order valence-electron chi connectivity index (χ0n) is 8.64. The Labute approximate surface area is 76.4 Å². The summed E-state index contributed by atoms with van der Waals surface area (Å²) in [7, 11) is -1.32. The maximum atomic E-state index is 5.89. The highest BCUT2D eigenvalue weighted by Gasteiger charge is 2.38. The van der Waals surface area contributed by atoms with Crippen LogP contribution in [0.1, 0.15) is 13.3 Å². The van der Waals surface area contributed by atoms with Gasteiger partial charge < -0.3 is 9.16 Å². The van der Waals surface area contributed by atoms with Crippen molar-refractivity contribution in [2.45, 2.75) is 33.0 Å². The first kappa shape index (κ1) is 10.2. The Hall–Kier alpha value is 0.137. The molecule has 0 aromatic carbocycles. The summed E-state index contributed by atoms with van der Waals surface area (Å²) in [6.45, 7) is 11.6. The molecule has 72 valence electrons. The molecule has 0 aliphatic carbocycles. The van der Waals surface area contributed by atoms with E-state index in [-0.39, 0.29) is 0 Å². The second-order valence-electron chi connectivity index (χ2n) is 4.75. The van der Waals surface area contributed by atoms with Gasteiger partial charge in [-0.2, -0.15) is 0 Å². The number of rotatable bonds is 4. The van der Waals surface area contributed by atoms with Crippen LogP contribution in [0, 0.1) is 5.41 Å². The van der Waals surface area contributed by atoms with Gasteiger partial charge in [0.15, 0.2) is 8.32 Å². The van der Waals surface area contributed by atoms with Crippen LogP contribution in [0.2, 0.25) is 19.6 Å². The minimum absolute atomic E-state index is 0.361. The van der Waals surface area contributed by atoms with E-state index in [1.54, 1.807) is 0 Å². The van der Waals surface area contributed by atoms with Crippen molar-refractivity contribution < 1.29 is 9.16 Å². The molecule has 0 amide bonds. The number of ether oxygens (including phenoxy) is 1. The maximum Gasteiger partial charge on any atom is 0.183 e. The molecule has 3 heteroatoms. The van der Waals surface area contributed by atoms with Crippen LogP contribution >= 0.6 is 0 Å². The van der Waals surface area contributed by atoms with Gasteiger partial charge in [-0.1, -0.05) is 6.92 Å². The fraction of sp³-hybridized carbons (Fsp3) is 1.00. The quantitative estimate of drug-likeness (QED) is 0.630. The molecule has 1 aliphatic heterocycles. The van der Waals surface area contributed by atoms with Crippen molar-refractivity contribution in [3.05, 3.63) is 0 Å². The Kier molecular flexibility index (Phi) is 2.96. The molecule has 12 heavy (non-hydrogen) atoms. The van der Waals surface area contributed by atoms with Gasteiger partial charge in [-0.05, 0) is 26.1 Å². The minimum Gasteiger partial charge on any atom is -0.417 e. The molecule has 2 nitrogen and oxygen atoms in total. The zero-order chi connectivity index (χ0) is 9.24. The Morgan fingerprint density at radius 2 is 1.92 bits per heavy atom. The monoisotopic (exact) mass is 188 g/mol. The van der Waals surface area contributed by atoms with Gasteiger partial charge in [0.25, 0.3) is 0 Å². The third-order valence-corrected chi connectivity index (χ3v) is 3.39. The fourth-order valence-electron chi connectivity index (χ4n) is 1.15. The summed E-state index contributed by atoms with van der Waals surface area (Å²) in [6, 6.07) is 0. The van der Waals surface area contributed by atoms with Gasteiger partial charge >= 0.3 is 0 Å². The third kappa shape index (κ3) is 2.57. The lowest BCUT2D eigenvalue weighted by Crippen LogP contribution is -2.48. The van der Waals surface area contributed by atoms with E-state index in [0.717, 1.165) is 19.8 Å². The van der Waals surface area contributed by atoms with Gasteiger partial charge in [0.2, 0.25) is 0 Å². The highest BCUT2D eigenvalue weighted by atomic mass is 28.4. The van der Waals surface area contributed by atoms with Crippen LogP contribution in [0.25, 0.3) is 0 Å². The summed E-state index contributed by atoms with van der Waals surface area (Å²) in [5.41, 5.74) is 0.361. The van der Waals surface area contributed by atoms with Crippen molar-refractivity contribution in [3.8, 4) is 0 Å². The second-order valence-corrected chi connectivity index (χ2v) is 9.26. The second kappa shape index (κ2) is 3.48. The van der Waals surface area contributed by atoms with Gasteiger partial charge in [-0.3, -0.25) is 0 Å². The Balaban J connectivity index is 2.30. The highest BCUT2D eigenvalue weighted by molar-refractivity contribution is 6.69. The lowest BCUT2D eigenvalue weighted by molar-refractivity contribution is -0.134. The van der Waals surface area contributed by atoms with Crippen molar-refractivity contribution in [1.82, 2.24) is 0 Å². The molecule has 0 bridgehead atoms. The van der Waals surface area contributed by atoms with E-state index in [2.05, 4.69) is 26.6 Å². The molecule has 0 saturated carbocycles. The molecule has 0 aromatic rings. The lowest BCUT2D eigenvalue weighted by atomic mass is 9.84. The summed E-state index contributed by atoms with van der Waals surface area (Å²) in [5, 5.41) is 0. The van der Waals surface area contributed by atoms with Crippen molar-refractivity contribution in [2.75, 3.05) is 19.8 Å². The average Bonchev–Trinajstić information content (AvgIpc) is 1.84. The van der Waals surface area contributed by atoms with Crippen molar-refractivity contribution in [3.63, 3.8) is 0 Å². The lowest BCUT2D eigenvalue weighted by Gasteiger charge is -2.42. The first-order valence-electron chi connectivity index (χ1n) is 4.69. The van der Waals surface area contributed by atoms with Gasteiger partial charge in [0.05, 0.1) is 13.2 Å². The summed E-state index contributed by atoms with van der Waals surface area (Å²) in [6.07, 6.45) is 1.18. The average molecular weight is 188 g/mol. The molecule has 1 saturated heterocycles. The van der Waals surface area contributed by atoms with Crippen LogP contribution in [0.15, 0.2) is 0 Å².